The van der Waals surface area contributed by atoms with Crippen LogP contribution in [-0.4, -0.2) is 47.4 Å². The number of esters is 1. The summed E-state index contributed by atoms with van der Waals surface area (Å²) in [4.78, 5) is 24.6. The number of rotatable bonds is 55. The van der Waals surface area contributed by atoms with Crippen LogP contribution in [0.5, 0.6) is 0 Å². The van der Waals surface area contributed by atoms with Crippen molar-refractivity contribution in [3.63, 3.8) is 0 Å². The largest absolute Gasteiger partial charge is 0.466 e. The summed E-state index contributed by atoms with van der Waals surface area (Å²) in [5.74, 6) is -0.107. The predicted molar refractivity (Wildman–Crippen MR) is 292 cm³/mol. The van der Waals surface area contributed by atoms with Crippen LogP contribution in [0.2, 0.25) is 0 Å². The Hall–Kier alpha value is -1.92. The monoisotopic (exact) mass is 942 g/mol. The number of hydrogen-bond acceptors (Lipinski definition) is 5. The van der Waals surface area contributed by atoms with Crippen molar-refractivity contribution in [1.82, 2.24) is 5.32 Å². The van der Waals surface area contributed by atoms with Crippen molar-refractivity contribution in [2.75, 3.05) is 13.2 Å². The van der Waals surface area contributed by atoms with Gasteiger partial charge in [-0.05, 0) is 64.2 Å². The fourth-order valence-electron chi connectivity index (χ4n) is 9.08. The molecule has 0 aromatic rings. The molecule has 1 amide bonds. The number of unbranched alkanes of at least 4 members (excludes halogenated alkanes) is 40. The zero-order valence-electron chi connectivity index (χ0n) is 44.9. The molecule has 0 fully saturated rings. The Balaban J connectivity index is 3.50. The third-order valence-electron chi connectivity index (χ3n) is 13.7. The van der Waals surface area contributed by atoms with Crippen LogP contribution in [0.3, 0.4) is 0 Å². The number of carbonyl (C=O) groups is 2. The summed E-state index contributed by atoms with van der Waals surface area (Å²) < 4.78 is 5.47. The van der Waals surface area contributed by atoms with E-state index in [-0.39, 0.29) is 18.5 Å². The van der Waals surface area contributed by atoms with Gasteiger partial charge in [-0.15, -0.1) is 0 Å². The highest BCUT2D eigenvalue weighted by atomic mass is 16.5. The van der Waals surface area contributed by atoms with Gasteiger partial charge in [-0.3, -0.25) is 9.59 Å². The molecule has 0 aromatic carbocycles. The van der Waals surface area contributed by atoms with Gasteiger partial charge in [0.25, 0.3) is 0 Å². The predicted octanol–water partition coefficient (Wildman–Crippen LogP) is 18.4. The van der Waals surface area contributed by atoms with E-state index in [0.717, 1.165) is 64.2 Å². The minimum Gasteiger partial charge on any atom is -0.466 e. The summed E-state index contributed by atoms with van der Waals surface area (Å²) in [6, 6.07) is -0.644. The first-order valence-electron chi connectivity index (χ1n) is 29.8. The highest BCUT2D eigenvalue weighted by Crippen LogP contribution is 2.17. The van der Waals surface area contributed by atoms with Crippen molar-refractivity contribution in [1.29, 1.82) is 0 Å². The number of aliphatic hydroxyl groups excluding tert-OH is 2. The fraction of sp³-hybridized carbons (Fsp3) is 0.869. The van der Waals surface area contributed by atoms with Crippen molar-refractivity contribution in [2.45, 2.75) is 328 Å². The number of carbonyl (C=O) groups excluding carboxylic acids is 2. The Bertz CT molecular complexity index is 1090. The number of allylic oxidation sites excluding steroid dienone is 5. The first-order chi connectivity index (χ1) is 33.0. The van der Waals surface area contributed by atoms with Gasteiger partial charge in [0.15, 0.2) is 0 Å². The van der Waals surface area contributed by atoms with E-state index in [1.807, 2.05) is 6.08 Å². The Kier molecular flexibility index (Phi) is 55.0. The quantitative estimate of drug-likeness (QED) is 0.0321. The van der Waals surface area contributed by atoms with Crippen LogP contribution >= 0.6 is 0 Å². The molecule has 0 aromatic heterocycles. The van der Waals surface area contributed by atoms with Crippen molar-refractivity contribution in [3.05, 3.63) is 36.5 Å². The Labute approximate surface area is 417 Å². The lowest BCUT2D eigenvalue weighted by molar-refractivity contribution is -0.143. The molecule has 0 saturated carbocycles. The molecule has 0 bridgehead atoms. The summed E-state index contributed by atoms with van der Waals surface area (Å²) in [6.45, 7) is 4.86. The van der Waals surface area contributed by atoms with Crippen molar-refractivity contribution in [2.24, 2.45) is 0 Å². The summed E-state index contributed by atoms with van der Waals surface area (Å²) in [7, 11) is 0. The Morgan fingerprint density at radius 1 is 0.418 bits per heavy atom. The van der Waals surface area contributed by atoms with Crippen LogP contribution in [-0.2, 0) is 14.3 Å². The van der Waals surface area contributed by atoms with E-state index in [1.54, 1.807) is 6.08 Å². The van der Waals surface area contributed by atoms with E-state index in [2.05, 4.69) is 43.5 Å². The van der Waals surface area contributed by atoms with Gasteiger partial charge in [-0.1, -0.05) is 275 Å². The Morgan fingerprint density at radius 3 is 1.15 bits per heavy atom. The van der Waals surface area contributed by atoms with Crippen LogP contribution in [0.1, 0.15) is 316 Å². The van der Waals surface area contributed by atoms with Crippen molar-refractivity contribution in [3.8, 4) is 0 Å². The zero-order valence-corrected chi connectivity index (χ0v) is 44.9. The normalized spacial score (nSPS) is 12.8. The molecule has 0 rings (SSSR count). The first kappa shape index (κ1) is 65.1. The number of aliphatic hydroxyl groups is 2. The van der Waals surface area contributed by atoms with Gasteiger partial charge in [0.1, 0.15) is 0 Å². The van der Waals surface area contributed by atoms with Crippen LogP contribution in [0.25, 0.3) is 0 Å². The van der Waals surface area contributed by atoms with Crippen molar-refractivity contribution < 1.29 is 24.5 Å². The molecule has 0 saturated heterocycles. The maximum Gasteiger partial charge on any atom is 0.305 e. The van der Waals surface area contributed by atoms with Gasteiger partial charge < -0.3 is 20.3 Å². The van der Waals surface area contributed by atoms with Gasteiger partial charge >= 0.3 is 5.97 Å². The third-order valence-corrected chi connectivity index (χ3v) is 13.7. The molecule has 67 heavy (non-hydrogen) atoms. The average Bonchev–Trinajstić information content (AvgIpc) is 3.33. The van der Waals surface area contributed by atoms with E-state index in [9.17, 15) is 19.8 Å². The molecule has 0 heterocycles. The van der Waals surface area contributed by atoms with Gasteiger partial charge in [-0.25, -0.2) is 0 Å². The Morgan fingerprint density at radius 2 is 0.746 bits per heavy atom. The van der Waals surface area contributed by atoms with E-state index < -0.39 is 12.1 Å². The van der Waals surface area contributed by atoms with Crippen LogP contribution in [0.4, 0.5) is 0 Å². The van der Waals surface area contributed by atoms with Crippen LogP contribution < -0.4 is 5.32 Å². The second-order valence-electron chi connectivity index (χ2n) is 20.3. The summed E-state index contributed by atoms with van der Waals surface area (Å²) >= 11 is 0. The lowest BCUT2D eigenvalue weighted by atomic mass is 10.0. The molecule has 0 aliphatic rings. The smallest absolute Gasteiger partial charge is 0.305 e. The SMILES string of the molecule is CCCCCC/C=C\C/C=C\CCCCCCCCCC(=O)OCCCCCCCCCCCCCC(=O)NC(CO)C(O)/C=C/CCCCCCCCCCCCCCCCCCCCC. The molecule has 0 radical (unpaired) electrons. The molecular weight excluding hydrogens is 827 g/mol. The molecule has 6 nitrogen and oxygen atoms in total. The van der Waals surface area contributed by atoms with Gasteiger partial charge in [0.05, 0.1) is 25.4 Å². The third kappa shape index (κ3) is 53.3. The standard InChI is InChI=1S/C61H115NO5/c1-3-5-7-9-11-13-15-17-19-21-23-24-25-26-28-30-33-37-41-45-49-53-59(64)58(57-63)62-60(65)54-50-46-42-38-34-32-36-40-44-48-52-56-67-61(66)55-51-47-43-39-35-31-29-27-22-20-18-16-14-12-10-8-6-4-2/h14,16,20,22,49,53,58-59,63-64H,3-13,15,17-19,21,23-48,50-52,54-57H2,1-2H3,(H,62,65)/b16-14-,22-20-,53-49+. The summed E-state index contributed by atoms with van der Waals surface area (Å²) in [5.41, 5.74) is 0. The molecular formula is C61H115NO5. The minimum atomic E-state index is -0.859. The minimum absolute atomic E-state index is 0.0223. The topological polar surface area (TPSA) is 95.9 Å². The van der Waals surface area contributed by atoms with Gasteiger partial charge in [-0.2, -0.15) is 0 Å². The van der Waals surface area contributed by atoms with Crippen LogP contribution in [0.15, 0.2) is 36.5 Å². The van der Waals surface area contributed by atoms with Gasteiger partial charge in [0.2, 0.25) is 5.91 Å². The van der Waals surface area contributed by atoms with E-state index >= 15 is 0 Å². The second kappa shape index (κ2) is 56.7. The molecule has 0 spiro atoms. The molecule has 394 valence electrons. The molecule has 0 aliphatic heterocycles. The van der Waals surface area contributed by atoms with Crippen LogP contribution in [0, 0.1) is 0 Å². The van der Waals surface area contributed by atoms with E-state index in [0.29, 0.717) is 19.4 Å². The molecule has 2 atom stereocenters. The highest BCUT2D eigenvalue weighted by molar-refractivity contribution is 5.76. The van der Waals surface area contributed by atoms with Gasteiger partial charge in [0, 0.05) is 12.8 Å². The maximum atomic E-state index is 12.5. The number of hydrogen-bond donors (Lipinski definition) is 3. The maximum absolute atomic E-state index is 12.5. The second-order valence-corrected chi connectivity index (χ2v) is 20.3. The zero-order chi connectivity index (χ0) is 48.6. The fourth-order valence-corrected chi connectivity index (χ4v) is 9.08. The summed E-state index contributed by atoms with van der Waals surface area (Å²) in [6.07, 6.45) is 70.2. The molecule has 6 heteroatoms. The van der Waals surface area contributed by atoms with E-state index in [1.165, 1.54) is 225 Å². The first-order valence-corrected chi connectivity index (χ1v) is 29.8. The molecule has 2 unspecified atom stereocenters. The molecule has 0 aliphatic carbocycles. The number of ether oxygens (including phenoxy) is 1. The average molecular weight is 943 g/mol. The summed E-state index contributed by atoms with van der Waals surface area (Å²) in [5, 5.41) is 23.2. The molecule has 3 N–H and O–H groups in total. The number of amides is 1. The highest BCUT2D eigenvalue weighted by Gasteiger charge is 2.18. The lowest BCUT2D eigenvalue weighted by Crippen LogP contribution is -2.45. The van der Waals surface area contributed by atoms with Crippen molar-refractivity contribution >= 4 is 11.9 Å². The van der Waals surface area contributed by atoms with E-state index in [4.69, 9.17) is 4.74 Å². The lowest BCUT2D eigenvalue weighted by Gasteiger charge is -2.20. The number of nitrogens with one attached hydrogen (secondary N) is 1.